The average molecular weight is 728 g/mol. The van der Waals surface area contributed by atoms with Crippen molar-refractivity contribution in [1.82, 2.24) is 15.1 Å². The monoisotopic (exact) mass is 727 g/mol. The van der Waals surface area contributed by atoms with Crippen LogP contribution in [-0.4, -0.2) is 34.3 Å². The molecule has 2 saturated heterocycles. The summed E-state index contributed by atoms with van der Waals surface area (Å²) in [4.78, 5) is 26.2. The predicted molar refractivity (Wildman–Crippen MR) is 173 cm³/mol. The molecule has 1 amide bonds. The van der Waals surface area contributed by atoms with Crippen LogP contribution >= 0.6 is 0 Å². The summed E-state index contributed by atoms with van der Waals surface area (Å²) in [5.74, 6) is -1.43. The van der Waals surface area contributed by atoms with Crippen LogP contribution in [0.3, 0.4) is 0 Å². The van der Waals surface area contributed by atoms with Gasteiger partial charge in [0, 0.05) is 22.8 Å². The third-order valence-corrected chi connectivity index (χ3v) is 9.49. The molecule has 3 heterocycles. The minimum Gasteiger partial charge on any atom is -0.496 e. The summed E-state index contributed by atoms with van der Waals surface area (Å²) < 4.78 is 115. The molecule has 2 aliphatic rings. The number of amides is 1. The Morgan fingerprint density at radius 3 is 2.21 bits per heavy atom. The molecule has 0 radical (unpaired) electrons. The van der Waals surface area contributed by atoms with Crippen LogP contribution < -0.4 is 10.5 Å². The van der Waals surface area contributed by atoms with Crippen LogP contribution in [0.2, 0.25) is 0 Å². The summed E-state index contributed by atoms with van der Waals surface area (Å²) in [7, 11) is 1.28. The first kappa shape index (κ1) is 34.8. The van der Waals surface area contributed by atoms with E-state index in [2.05, 4.69) is 10.2 Å². The second kappa shape index (κ2) is 12.6. The number of hydrogen-bond donors (Lipinski definition) is 1. The van der Waals surface area contributed by atoms with Crippen LogP contribution in [0.15, 0.2) is 75.9 Å². The molecule has 0 aliphatic carbocycles. The number of hydrogen-bond acceptors (Lipinski definition) is 6. The standard InChI is InChI=1S/C37H28F7N3O5/c1-17-10-20(13-22(11-17)37(42,43)44)32-30-9-8-29(47(30)35(49)51-32)26-14-21(36(39,40)41)5-7-24(26)27-15-25(28(38)16-31(27)50-3)23-6-4-19(12-18(23)2)33-45-46-34(48)52-33/h4-7,10-16,29-30,32H,8-9H2,1-3H3,(H,46,48)/t29-,30-,32+/m0/s1. The van der Waals surface area contributed by atoms with E-state index in [1.807, 2.05) is 0 Å². The van der Waals surface area contributed by atoms with E-state index >= 15 is 4.39 Å². The minimum atomic E-state index is -4.76. The summed E-state index contributed by atoms with van der Waals surface area (Å²) in [5.41, 5.74) is 0.524. The number of nitrogens with one attached hydrogen (secondary N) is 1. The highest BCUT2D eigenvalue weighted by Crippen LogP contribution is 2.51. The molecule has 1 N–H and O–H groups in total. The van der Waals surface area contributed by atoms with E-state index in [-0.39, 0.29) is 52.3 Å². The summed E-state index contributed by atoms with van der Waals surface area (Å²) in [6.07, 6.45) is -11.0. The zero-order valence-electron chi connectivity index (χ0n) is 27.6. The SMILES string of the molecule is COc1cc(F)c(-c2ccc(-c3n[nH]c(=O)o3)cc2C)cc1-c1ccc(C(F)(F)F)cc1[C@@H]1CC[C@H]2[C@@H](c3cc(C)cc(C(F)(F)F)c3)OC(=O)N12. The molecule has 270 valence electrons. The highest BCUT2D eigenvalue weighted by molar-refractivity contribution is 5.83. The van der Waals surface area contributed by atoms with E-state index in [1.165, 1.54) is 37.1 Å². The Morgan fingerprint density at radius 1 is 0.827 bits per heavy atom. The van der Waals surface area contributed by atoms with Crippen molar-refractivity contribution >= 4 is 6.09 Å². The number of halogens is 7. The van der Waals surface area contributed by atoms with Gasteiger partial charge in [-0.25, -0.2) is 19.1 Å². The molecular formula is C37H28F7N3O5. The molecule has 2 fully saturated rings. The van der Waals surface area contributed by atoms with E-state index < -0.39 is 59.3 Å². The van der Waals surface area contributed by atoms with E-state index in [4.69, 9.17) is 13.9 Å². The fourth-order valence-electron chi connectivity index (χ4n) is 7.24. The maximum Gasteiger partial charge on any atom is 0.434 e. The van der Waals surface area contributed by atoms with Gasteiger partial charge in [0.15, 0.2) is 0 Å². The van der Waals surface area contributed by atoms with Gasteiger partial charge in [0.25, 0.3) is 0 Å². The predicted octanol–water partition coefficient (Wildman–Crippen LogP) is 9.56. The fraction of sp³-hybridized carbons (Fsp3) is 0.270. The Kier molecular flexibility index (Phi) is 8.42. The van der Waals surface area contributed by atoms with E-state index in [1.54, 1.807) is 25.1 Å². The van der Waals surface area contributed by atoms with Crippen LogP contribution in [0.1, 0.15) is 58.4 Å². The first-order valence-corrected chi connectivity index (χ1v) is 16.0. The maximum atomic E-state index is 15.8. The number of carbonyl (C=O) groups is 1. The number of nitrogens with zero attached hydrogens (tertiary/aromatic N) is 2. The van der Waals surface area contributed by atoms with Gasteiger partial charge in [-0.3, -0.25) is 4.90 Å². The number of aromatic amines is 1. The quantitative estimate of drug-likeness (QED) is 0.175. The van der Waals surface area contributed by atoms with Crippen LogP contribution in [0, 0.1) is 19.7 Å². The first-order chi connectivity index (χ1) is 24.5. The number of alkyl halides is 6. The third kappa shape index (κ3) is 6.17. The van der Waals surface area contributed by atoms with Gasteiger partial charge in [0.2, 0.25) is 5.89 Å². The molecule has 0 spiro atoms. The van der Waals surface area contributed by atoms with E-state index in [9.17, 15) is 35.9 Å². The molecule has 4 aromatic carbocycles. The molecule has 1 aromatic heterocycles. The van der Waals surface area contributed by atoms with Gasteiger partial charge >= 0.3 is 24.2 Å². The van der Waals surface area contributed by atoms with Crippen molar-refractivity contribution in [2.24, 2.45) is 0 Å². The summed E-state index contributed by atoms with van der Waals surface area (Å²) in [6, 6.07) is 12.0. The molecule has 3 atom stereocenters. The summed E-state index contributed by atoms with van der Waals surface area (Å²) in [5, 5.41) is 5.97. The number of benzene rings is 4. The van der Waals surface area contributed by atoms with Crippen molar-refractivity contribution in [3.63, 3.8) is 0 Å². The molecule has 2 aliphatic heterocycles. The van der Waals surface area contributed by atoms with Crippen LogP contribution in [0.25, 0.3) is 33.7 Å². The van der Waals surface area contributed by atoms with Gasteiger partial charge in [-0.15, -0.1) is 5.10 Å². The molecule has 0 saturated carbocycles. The Labute approximate surface area is 290 Å². The van der Waals surface area contributed by atoms with Crippen molar-refractivity contribution in [2.75, 3.05) is 7.11 Å². The molecule has 15 heteroatoms. The van der Waals surface area contributed by atoms with Crippen molar-refractivity contribution in [3.8, 4) is 39.5 Å². The smallest absolute Gasteiger partial charge is 0.434 e. The topological polar surface area (TPSA) is 97.7 Å². The van der Waals surface area contributed by atoms with Crippen LogP contribution in [0.5, 0.6) is 5.75 Å². The molecule has 52 heavy (non-hydrogen) atoms. The molecular weight excluding hydrogens is 699 g/mol. The van der Waals surface area contributed by atoms with E-state index in [0.717, 1.165) is 30.3 Å². The highest BCUT2D eigenvalue weighted by Gasteiger charge is 2.51. The number of carbonyl (C=O) groups excluding carboxylic acids is 1. The number of ether oxygens (including phenoxy) is 2. The average Bonchev–Trinajstić information content (AvgIpc) is 3.80. The number of aromatic nitrogens is 2. The van der Waals surface area contributed by atoms with Gasteiger partial charge < -0.3 is 13.9 Å². The lowest BCUT2D eigenvalue weighted by atomic mass is 9.88. The Morgan fingerprint density at radius 2 is 1.56 bits per heavy atom. The number of cyclic esters (lactones) is 1. The highest BCUT2D eigenvalue weighted by atomic mass is 19.4. The summed E-state index contributed by atoms with van der Waals surface area (Å²) in [6.45, 7) is 3.18. The largest absolute Gasteiger partial charge is 0.496 e. The molecule has 5 aromatic rings. The third-order valence-electron chi connectivity index (χ3n) is 9.49. The fourth-order valence-corrected chi connectivity index (χ4v) is 7.24. The van der Waals surface area contributed by atoms with Gasteiger partial charge in [-0.1, -0.05) is 23.8 Å². The van der Waals surface area contributed by atoms with Crippen LogP contribution in [-0.2, 0) is 17.1 Å². The Balaban J connectivity index is 1.33. The zero-order valence-corrected chi connectivity index (χ0v) is 27.6. The second-order valence-corrected chi connectivity index (χ2v) is 12.8. The first-order valence-electron chi connectivity index (χ1n) is 16.0. The number of aryl methyl sites for hydroxylation is 2. The van der Waals surface area contributed by atoms with E-state index in [0.29, 0.717) is 22.3 Å². The van der Waals surface area contributed by atoms with Gasteiger partial charge in [-0.05, 0) is 97.0 Å². The number of methoxy groups -OCH3 is 1. The lowest BCUT2D eigenvalue weighted by Crippen LogP contribution is -2.31. The molecule has 8 nitrogen and oxygen atoms in total. The minimum absolute atomic E-state index is 0.00527. The lowest BCUT2D eigenvalue weighted by molar-refractivity contribution is -0.138. The second-order valence-electron chi connectivity index (χ2n) is 12.8. The number of H-pyrrole nitrogens is 1. The number of fused-ring (bicyclic) bond motifs is 1. The van der Waals surface area contributed by atoms with Crippen molar-refractivity contribution < 1.29 is 49.4 Å². The molecule has 7 rings (SSSR count). The molecule has 0 unspecified atom stereocenters. The van der Waals surface area contributed by atoms with Crippen molar-refractivity contribution in [3.05, 3.63) is 116 Å². The maximum absolute atomic E-state index is 15.8. The Hall–Kier alpha value is -5.60. The van der Waals surface area contributed by atoms with Gasteiger partial charge in [0.05, 0.1) is 30.3 Å². The Bertz CT molecular complexity index is 2280. The van der Waals surface area contributed by atoms with Crippen molar-refractivity contribution in [2.45, 2.75) is 57.2 Å². The molecule has 0 bridgehead atoms. The zero-order chi connectivity index (χ0) is 37.3. The van der Waals surface area contributed by atoms with Crippen LogP contribution in [0.4, 0.5) is 35.5 Å². The normalized spacial score (nSPS) is 18.8. The van der Waals surface area contributed by atoms with Gasteiger partial charge in [0.1, 0.15) is 17.7 Å². The summed E-state index contributed by atoms with van der Waals surface area (Å²) >= 11 is 0. The lowest BCUT2D eigenvalue weighted by Gasteiger charge is -2.26. The van der Waals surface area contributed by atoms with Crippen molar-refractivity contribution in [1.29, 1.82) is 0 Å². The van der Waals surface area contributed by atoms with Gasteiger partial charge in [-0.2, -0.15) is 26.3 Å². The number of rotatable bonds is 6.